The third-order valence-corrected chi connectivity index (χ3v) is 4.68. The lowest BCUT2D eigenvalue weighted by Gasteiger charge is -2.11. The minimum atomic E-state index is -5.66. The van der Waals surface area contributed by atoms with Crippen molar-refractivity contribution in [2.24, 2.45) is 0 Å². The summed E-state index contributed by atoms with van der Waals surface area (Å²) in [6.45, 7) is 2.39. The standard InChI is InChI=1S/C13H13F3N4O4S/c1-9-7-18-19(8-9)5-4-17-11-3-2-10(6-12(11)20(21)22)25(23,24)13(14,15)16/h2-3,6-8,17H,4-5H2,1H3. The fourth-order valence-electron chi connectivity index (χ4n) is 2.01. The summed E-state index contributed by atoms with van der Waals surface area (Å²) in [6.07, 6.45) is 3.37. The highest BCUT2D eigenvalue weighted by atomic mass is 32.2. The van der Waals surface area contributed by atoms with Gasteiger partial charge in [-0.15, -0.1) is 0 Å². The minimum Gasteiger partial charge on any atom is -0.378 e. The summed E-state index contributed by atoms with van der Waals surface area (Å²) in [6, 6.07) is 2.00. The van der Waals surface area contributed by atoms with Gasteiger partial charge in [-0.05, 0) is 24.6 Å². The maximum absolute atomic E-state index is 12.6. The first-order chi connectivity index (χ1) is 11.5. The molecule has 0 saturated carbocycles. The Labute approximate surface area is 140 Å². The number of rotatable bonds is 6. The number of benzene rings is 1. The van der Waals surface area contributed by atoms with Gasteiger partial charge in [-0.3, -0.25) is 14.8 Å². The monoisotopic (exact) mass is 378 g/mol. The normalized spacial score (nSPS) is 12.2. The number of nitro groups is 1. The number of nitro benzene ring substituents is 1. The highest BCUT2D eigenvalue weighted by molar-refractivity contribution is 7.92. The number of nitrogens with zero attached hydrogens (tertiary/aromatic N) is 3. The van der Waals surface area contributed by atoms with Crippen molar-refractivity contribution in [3.63, 3.8) is 0 Å². The van der Waals surface area contributed by atoms with Crippen LogP contribution in [0.4, 0.5) is 24.5 Å². The largest absolute Gasteiger partial charge is 0.501 e. The van der Waals surface area contributed by atoms with E-state index in [1.165, 1.54) is 0 Å². The van der Waals surface area contributed by atoms with E-state index in [-0.39, 0.29) is 12.2 Å². The first-order valence-corrected chi connectivity index (χ1v) is 8.33. The first kappa shape index (κ1) is 18.7. The Bertz CT molecular complexity index is 893. The van der Waals surface area contributed by atoms with Crippen LogP contribution in [0.25, 0.3) is 0 Å². The maximum Gasteiger partial charge on any atom is 0.501 e. The molecular formula is C13H13F3N4O4S. The number of aryl methyl sites for hydroxylation is 1. The van der Waals surface area contributed by atoms with Gasteiger partial charge in [-0.25, -0.2) is 8.42 Å². The third-order valence-electron chi connectivity index (χ3n) is 3.20. The Kier molecular flexibility index (Phi) is 5.02. The summed E-state index contributed by atoms with van der Waals surface area (Å²) in [5.74, 6) is 0. The summed E-state index contributed by atoms with van der Waals surface area (Å²) >= 11 is 0. The molecule has 0 atom stereocenters. The average Bonchev–Trinajstić information content (AvgIpc) is 2.91. The Hall–Kier alpha value is -2.63. The summed E-state index contributed by atoms with van der Waals surface area (Å²) in [5, 5.41) is 17.8. The molecule has 25 heavy (non-hydrogen) atoms. The molecule has 0 radical (unpaired) electrons. The van der Waals surface area contributed by atoms with Crippen LogP contribution >= 0.6 is 0 Å². The molecule has 0 aliphatic heterocycles. The van der Waals surface area contributed by atoms with Crippen molar-refractivity contribution in [3.05, 3.63) is 46.3 Å². The van der Waals surface area contributed by atoms with Crippen molar-refractivity contribution < 1.29 is 26.5 Å². The molecule has 0 spiro atoms. The fraction of sp³-hybridized carbons (Fsp3) is 0.308. The van der Waals surface area contributed by atoms with Crippen LogP contribution in [0.1, 0.15) is 5.56 Å². The number of sulfone groups is 1. The van der Waals surface area contributed by atoms with Crippen LogP contribution in [0.2, 0.25) is 0 Å². The first-order valence-electron chi connectivity index (χ1n) is 6.85. The molecule has 1 N–H and O–H groups in total. The van der Waals surface area contributed by atoms with Crippen molar-refractivity contribution in [3.8, 4) is 0 Å². The van der Waals surface area contributed by atoms with Crippen LogP contribution in [0, 0.1) is 17.0 Å². The van der Waals surface area contributed by atoms with Crippen LogP contribution in [0.15, 0.2) is 35.5 Å². The van der Waals surface area contributed by atoms with Crippen LogP contribution in [-0.2, 0) is 16.4 Å². The van der Waals surface area contributed by atoms with Gasteiger partial charge in [0.1, 0.15) is 5.69 Å². The van der Waals surface area contributed by atoms with E-state index in [2.05, 4.69) is 10.4 Å². The van der Waals surface area contributed by atoms with Gasteiger partial charge in [-0.1, -0.05) is 0 Å². The van der Waals surface area contributed by atoms with E-state index in [4.69, 9.17) is 0 Å². The lowest BCUT2D eigenvalue weighted by molar-refractivity contribution is -0.384. The minimum absolute atomic E-state index is 0.0880. The zero-order valence-corrected chi connectivity index (χ0v) is 13.6. The molecule has 0 amide bonds. The summed E-state index contributed by atoms with van der Waals surface area (Å²) in [5.41, 5.74) is -5.46. The molecule has 136 valence electrons. The second kappa shape index (κ2) is 6.70. The molecule has 0 saturated heterocycles. The van der Waals surface area contributed by atoms with Crippen LogP contribution < -0.4 is 5.32 Å². The lowest BCUT2D eigenvalue weighted by atomic mass is 10.2. The van der Waals surface area contributed by atoms with Crippen molar-refractivity contribution in [2.75, 3.05) is 11.9 Å². The summed E-state index contributed by atoms with van der Waals surface area (Å²) in [7, 11) is -5.66. The molecule has 1 heterocycles. The Morgan fingerprint density at radius 3 is 2.56 bits per heavy atom. The van der Waals surface area contributed by atoms with Crippen molar-refractivity contribution >= 4 is 21.2 Å². The van der Waals surface area contributed by atoms with E-state index >= 15 is 0 Å². The molecular weight excluding hydrogens is 365 g/mol. The second-order valence-electron chi connectivity index (χ2n) is 5.09. The number of nitrogens with one attached hydrogen (secondary N) is 1. The van der Waals surface area contributed by atoms with Crippen LogP contribution in [0.5, 0.6) is 0 Å². The zero-order chi connectivity index (χ0) is 18.8. The predicted molar refractivity (Wildman–Crippen MR) is 81.8 cm³/mol. The molecule has 2 aromatic rings. The van der Waals surface area contributed by atoms with Crippen molar-refractivity contribution in [2.45, 2.75) is 23.9 Å². The van der Waals surface area contributed by atoms with E-state index in [1.807, 2.05) is 6.92 Å². The predicted octanol–water partition coefficient (Wildman–Crippen LogP) is 2.51. The van der Waals surface area contributed by atoms with E-state index < -0.39 is 30.9 Å². The fourth-order valence-corrected chi connectivity index (χ4v) is 2.79. The topological polar surface area (TPSA) is 107 Å². The maximum atomic E-state index is 12.6. The average molecular weight is 378 g/mol. The molecule has 12 heteroatoms. The zero-order valence-electron chi connectivity index (χ0n) is 12.8. The van der Waals surface area contributed by atoms with Gasteiger partial charge >= 0.3 is 5.51 Å². The van der Waals surface area contributed by atoms with E-state index in [0.29, 0.717) is 18.7 Å². The molecule has 8 nitrogen and oxygen atoms in total. The van der Waals surface area contributed by atoms with Gasteiger partial charge < -0.3 is 5.32 Å². The third kappa shape index (κ3) is 4.07. The molecule has 2 rings (SSSR count). The van der Waals surface area contributed by atoms with Crippen LogP contribution in [-0.4, -0.2) is 35.2 Å². The molecule has 0 unspecified atom stereocenters. The van der Waals surface area contributed by atoms with Gasteiger partial charge in [0.25, 0.3) is 15.5 Å². The number of hydrogen-bond donors (Lipinski definition) is 1. The van der Waals surface area contributed by atoms with Gasteiger partial charge in [0.05, 0.1) is 22.6 Å². The SMILES string of the molecule is Cc1cnn(CCNc2ccc(S(=O)(=O)C(F)(F)F)cc2[N+](=O)[O-])c1. The Morgan fingerprint density at radius 1 is 1.36 bits per heavy atom. The van der Waals surface area contributed by atoms with Gasteiger partial charge in [0.15, 0.2) is 0 Å². The van der Waals surface area contributed by atoms with Gasteiger partial charge in [-0.2, -0.15) is 18.3 Å². The van der Waals surface area contributed by atoms with Crippen molar-refractivity contribution in [1.82, 2.24) is 9.78 Å². The highest BCUT2D eigenvalue weighted by Gasteiger charge is 2.47. The number of alkyl halides is 3. The van der Waals surface area contributed by atoms with Crippen LogP contribution in [0.3, 0.4) is 0 Å². The van der Waals surface area contributed by atoms with Crippen molar-refractivity contribution in [1.29, 1.82) is 0 Å². The highest BCUT2D eigenvalue weighted by Crippen LogP contribution is 2.34. The summed E-state index contributed by atoms with van der Waals surface area (Å²) < 4.78 is 62.0. The smallest absolute Gasteiger partial charge is 0.378 e. The van der Waals surface area contributed by atoms with E-state index in [0.717, 1.165) is 11.6 Å². The second-order valence-corrected chi connectivity index (χ2v) is 7.03. The number of halogens is 3. The number of hydrogen-bond acceptors (Lipinski definition) is 6. The van der Waals surface area contributed by atoms with E-state index in [1.54, 1.807) is 17.1 Å². The van der Waals surface area contributed by atoms with E-state index in [9.17, 15) is 31.7 Å². The molecule has 0 bridgehead atoms. The Morgan fingerprint density at radius 2 is 2.04 bits per heavy atom. The molecule has 1 aromatic heterocycles. The number of anilines is 1. The lowest BCUT2D eigenvalue weighted by Crippen LogP contribution is -2.23. The quantitative estimate of drug-likeness (QED) is 0.611. The molecule has 0 aliphatic carbocycles. The van der Waals surface area contributed by atoms with Gasteiger partial charge in [0, 0.05) is 18.8 Å². The molecule has 0 aliphatic rings. The summed E-state index contributed by atoms with van der Waals surface area (Å²) in [4.78, 5) is 8.93. The van der Waals surface area contributed by atoms with Gasteiger partial charge in [0.2, 0.25) is 0 Å². The Balaban J connectivity index is 2.23. The molecule has 1 aromatic carbocycles. The number of aromatic nitrogens is 2. The molecule has 0 fully saturated rings.